The van der Waals surface area contributed by atoms with Crippen LogP contribution in [-0.4, -0.2) is 6.61 Å². The summed E-state index contributed by atoms with van der Waals surface area (Å²) in [5.41, 5.74) is 0. The van der Waals surface area contributed by atoms with Gasteiger partial charge in [0.05, 0.1) is 12.4 Å². The van der Waals surface area contributed by atoms with Gasteiger partial charge in [0, 0.05) is 6.42 Å². The summed E-state index contributed by atoms with van der Waals surface area (Å²) in [5.74, 6) is 1.15. The van der Waals surface area contributed by atoms with Crippen LogP contribution >= 0.6 is 0 Å². The number of unbranched alkanes of at least 4 members (excludes halogenated alkanes) is 4. The van der Waals surface area contributed by atoms with Crippen LogP contribution in [0.15, 0.2) is 24.5 Å². The fourth-order valence-electron chi connectivity index (χ4n) is 1.45. The van der Waals surface area contributed by atoms with Crippen LogP contribution in [0.3, 0.4) is 0 Å². The molecule has 15 heavy (non-hydrogen) atoms. The number of allylic oxidation sites excluding steroid dienone is 3. The minimum absolute atomic E-state index is 0.883. The van der Waals surface area contributed by atoms with Crippen molar-refractivity contribution in [2.24, 2.45) is 0 Å². The molecule has 0 saturated heterocycles. The summed E-state index contributed by atoms with van der Waals surface area (Å²) in [4.78, 5) is 0. The molecule has 0 aliphatic rings. The zero-order valence-electron chi connectivity index (χ0n) is 10.4. The highest BCUT2D eigenvalue weighted by molar-refractivity contribution is 4.90. The Morgan fingerprint density at radius 3 is 2.60 bits per heavy atom. The summed E-state index contributed by atoms with van der Waals surface area (Å²) in [6.45, 7) is 8.88. The molecule has 1 nitrogen and oxygen atoms in total. The van der Waals surface area contributed by atoms with E-state index >= 15 is 0 Å². The lowest BCUT2D eigenvalue weighted by atomic mass is 10.2. The normalized spacial score (nSPS) is 11.5. The van der Waals surface area contributed by atoms with E-state index in [9.17, 15) is 0 Å². The molecular formula is C14H26O. The Morgan fingerprint density at radius 1 is 1.20 bits per heavy atom. The highest BCUT2D eigenvalue weighted by Crippen LogP contribution is 2.10. The Kier molecular flexibility index (Phi) is 10.8. The second kappa shape index (κ2) is 11.4. The lowest BCUT2D eigenvalue weighted by Gasteiger charge is -2.09. The largest absolute Gasteiger partial charge is 0.498 e. The molecule has 1 heteroatoms. The fraction of sp³-hybridized carbons (Fsp3) is 0.714. The van der Waals surface area contributed by atoms with Gasteiger partial charge in [0.2, 0.25) is 0 Å². The van der Waals surface area contributed by atoms with Crippen molar-refractivity contribution < 1.29 is 4.74 Å². The Bertz CT molecular complexity index is 170. The lowest BCUT2D eigenvalue weighted by molar-refractivity contribution is 0.194. The first-order chi connectivity index (χ1) is 7.35. The zero-order chi connectivity index (χ0) is 11.4. The first-order valence-corrected chi connectivity index (χ1v) is 6.24. The maximum Gasteiger partial charge on any atom is 0.0917 e. The molecule has 0 rings (SSSR count). The van der Waals surface area contributed by atoms with E-state index in [2.05, 4.69) is 26.5 Å². The monoisotopic (exact) mass is 210 g/mol. The summed E-state index contributed by atoms with van der Waals surface area (Å²) >= 11 is 0. The molecule has 0 aromatic carbocycles. The predicted molar refractivity (Wildman–Crippen MR) is 67.9 cm³/mol. The molecule has 88 valence electrons. The standard InChI is InChI=1S/C14H26O/c1-4-7-9-11-13-15-14(6-3)12-10-8-5-2/h5-6H,2,4,7-13H2,1,3H3. The Hall–Kier alpha value is -0.720. The van der Waals surface area contributed by atoms with Crippen LogP contribution in [0, 0.1) is 0 Å². The van der Waals surface area contributed by atoms with Crippen LogP contribution in [-0.2, 0) is 4.74 Å². The number of hydrogen-bond acceptors (Lipinski definition) is 1. The Balaban J connectivity index is 3.41. The highest BCUT2D eigenvalue weighted by atomic mass is 16.5. The highest BCUT2D eigenvalue weighted by Gasteiger charge is 1.96. The van der Waals surface area contributed by atoms with Crippen LogP contribution in [0.5, 0.6) is 0 Å². The third-order valence-electron chi connectivity index (χ3n) is 2.44. The van der Waals surface area contributed by atoms with E-state index < -0.39 is 0 Å². The van der Waals surface area contributed by atoms with Gasteiger partial charge < -0.3 is 4.74 Å². The number of hydrogen-bond donors (Lipinski definition) is 0. The molecular weight excluding hydrogens is 184 g/mol. The topological polar surface area (TPSA) is 9.23 Å². The minimum atomic E-state index is 0.883. The van der Waals surface area contributed by atoms with Crippen molar-refractivity contribution in [3.63, 3.8) is 0 Å². The summed E-state index contributed by atoms with van der Waals surface area (Å²) in [6.07, 6.45) is 12.4. The van der Waals surface area contributed by atoms with E-state index in [0.717, 1.165) is 31.6 Å². The van der Waals surface area contributed by atoms with E-state index in [1.807, 2.05) is 6.08 Å². The van der Waals surface area contributed by atoms with Crippen molar-refractivity contribution in [3.05, 3.63) is 24.5 Å². The lowest BCUT2D eigenvalue weighted by Crippen LogP contribution is -1.95. The quantitative estimate of drug-likeness (QED) is 0.285. The summed E-state index contributed by atoms with van der Waals surface area (Å²) in [7, 11) is 0. The van der Waals surface area contributed by atoms with Crippen molar-refractivity contribution in [1.29, 1.82) is 0 Å². The zero-order valence-corrected chi connectivity index (χ0v) is 10.4. The van der Waals surface area contributed by atoms with E-state index in [4.69, 9.17) is 4.74 Å². The van der Waals surface area contributed by atoms with E-state index in [1.54, 1.807) is 0 Å². The molecule has 0 aliphatic heterocycles. The molecule has 0 N–H and O–H groups in total. The van der Waals surface area contributed by atoms with Crippen LogP contribution in [0.2, 0.25) is 0 Å². The predicted octanol–water partition coefficient (Wildman–Crippen LogP) is 4.84. The third-order valence-corrected chi connectivity index (χ3v) is 2.44. The van der Waals surface area contributed by atoms with Gasteiger partial charge in [0.25, 0.3) is 0 Å². The van der Waals surface area contributed by atoms with Gasteiger partial charge in [0.15, 0.2) is 0 Å². The van der Waals surface area contributed by atoms with Gasteiger partial charge in [-0.25, -0.2) is 0 Å². The van der Waals surface area contributed by atoms with Gasteiger partial charge in [-0.1, -0.05) is 32.3 Å². The van der Waals surface area contributed by atoms with Crippen molar-refractivity contribution in [2.75, 3.05) is 6.61 Å². The number of ether oxygens (including phenoxy) is 1. The van der Waals surface area contributed by atoms with Crippen LogP contribution < -0.4 is 0 Å². The maximum absolute atomic E-state index is 5.71. The molecule has 0 bridgehead atoms. The maximum atomic E-state index is 5.71. The molecule has 0 amide bonds. The van der Waals surface area contributed by atoms with Crippen molar-refractivity contribution >= 4 is 0 Å². The average molecular weight is 210 g/mol. The first kappa shape index (κ1) is 14.3. The summed E-state index contributed by atoms with van der Waals surface area (Å²) < 4.78 is 5.71. The van der Waals surface area contributed by atoms with Gasteiger partial charge in [0.1, 0.15) is 0 Å². The van der Waals surface area contributed by atoms with E-state index in [0.29, 0.717) is 0 Å². The molecule has 0 unspecified atom stereocenters. The fourth-order valence-corrected chi connectivity index (χ4v) is 1.45. The van der Waals surface area contributed by atoms with Gasteiger partial charge in [-0.15, -0.1) is 6.58 Å². The third kappa shape index (κ3) is 9.58. The Labute approximate surface area is 95.2 Å². The first-order valence-electron chi connectivity index (χ1n) is 6.24. The summed E-state index contributed by atoms with van der Waals surface area (Å²) in [5, 5.41) is 0. The number of rotatable bonds is 10. The minimum Gasteiger partial charge on any atom is -0.498 e. The van der Waals surface area contributed by atoms with Crippen molar-refractivity contribution in [2.45, 2.75) is 58.8 Å². The average Bonchev–Trinajstić information content (AvgIpc) is 2.26. The van der Waals surface area contributed by atoms with Gasteiger partial charge in [-0.2, -0.15) is 0 Å². The smallest absolute Gasteiger partial charge is 0.0917 e. The van der Waals surface area contributed by atoms with Gasteiger partial charge >= 0.3 is 0 Å². The van der Waals surface area contributed by atoms with Gasteiger partial charge in [-0.3, -0.25) is 0 Å². The molecule has 0 atom stereocenters. The molecule has 0 aliphatic carbocycles. The van der Waals surface area contributed by atoms with E-state index in [1.165, 1.54) is 25.7 Å². The molecule has 0 radical (unpaired) electrons. The second-order valence-electron chi connectivity index (χ2n) is 3.85. The summed E-state index contributed by atoms with van der Waals surface area (Å²) in [6, 6.07) is 0. The van der Waals surface area contributed by atoms with Crippen LogP contribution in [0.25, 0.3) is 0 Å². The SMILES string of the molecule is C=CCCCC(=CC)OCCCCCC. The Morgan fingerprint density at radius 2 is 2.00 bits per heavy atom. The molecule has 0 fully saturated rings. The van der Waals surface area contributed by atoms with E-state index in [-0.39, 0.29) is 0 Å². The second-order valence-corrected chi connectivity index (χ2v) is 3.85. The van der Waals surface area contributed by atoms with Crippen molar-refractivity contribution in [1.82, 2.24) is 0 Å². The van der Waals surface area contributed by atoms with Gasteiger partial charge in [-0.05, 0) is 32.3 Å². The van der Waals surface area contributed by atoms with Crippen LogP contribution in [0.1, 0.15) is 58.8 Å². The molecule has 0 saturated carbocycles. The molecule has 0 aromatic heterocycles. The molecule has 0 heterocycles. The molecule has 0 aromatic rings. The van der Waals surface area contributed by atoms with Crippen LogP contribution in [0.4, 0.5) is 0 Å². The van der Waals surface area contributed by atoms with Crippen molar-refractivity contribution in [3.8, 4) is 0 Å². The molecule has 0 spiro atoms.